The Morgan fingerprint density at radius 1 is 1.33 bits per heavy atom. The zero-order chi connectivity index (χ0) is 10.7. The summed E-state index contributed by atoms with van der Waals surface area (Å²) in [6.45, 7) is 0.718. The minimum absolute atomic E-state index is 0.0693. The van der Waals surface area contributed by atoms with Crippen LogP contribution in [-0.4, -0.2) is 6.54 Å². The molecule has 1 aliphatic carbocycles. The van der Waals surface area contributed by atoms with Crippen LogP contribution in [-0.2, 0) is 6.42 Å². The highest BCUT2D eigenvalue weighted by Crippen LogP contribution is 2.40. The average molecular weight is 207 g/mol. The average Bonchev–Trinajstić information content (AvgIpc) is 3.04. The van der Waals surface area contributed by atoms with Crippen molar-refractivity contribution < 1.29 is 4.39 Å². The van der Waals surface area contributed by atoms with E-state index in [2.05, 4.69) is 0 Å². The molecule has 1 aromatic carbocycles. The van der Waals surface area contributed by atoms with Gasteiger partial charge in [0.1, 0.15) is 5.82 Å². The van der Waals surface area contributed by atoms with Gasteiger partial charge in [0.15, 0.2) is 0 Å². The van der Waals surface area contributed by atoms with E-state index in [0.717, 1.165) is 30.9 Å². The van der Waals surface area contributed by atoms with Crippen LogP contribution in [0.1, 0.15) is 24.8 Å². The number of benzene rings is 1. The van der Waals surface area contributed by atoms with Gasteiger partial charge in [-0.2, -0.15) is 0 Å². The van der Waals surface area contributed by atoms with E-state index < -0.39 is 0 Å². The van der Waals surface area contributed by atoms with Crippen molar-refractivity contribution in [3.8, 4) is 0 Å². The molecule has 1 nitrogen and oxygen atoms in total. The monoisotopic (exact) mass is 207 g/mol. The van der Waals surface area contributed by atoms with Gasteiger partial charge in [0, 0.05) is 0 Å². The third-order valence-corrected chi connectivity index (χ3v) is 3.27. The zero-order valence-electron chi connectivity index (χ0n) is 8.95. The molecular weight excluding hydrogens is 189 g/mol. The van der Waals surface area contributed by atoms with Gasteiger partial charge in [-0.1, -0.05) is 18.2 Å². The standard InChI is InChI=1S/C13H18FN/c14-13-4-2-1-3-12(13)9-11(7-8-15)10-5-6-10/h1-4,10-11H,5-9,15H2. The molecule has 0 amide bonds. The highest BCUT2D eigenvalue weighted by atomic mass is 19.1. The fourth-order valence-electron chi connectivity index (χ4n) is 2.23. The molecule has 2 N–H and O–H groups in total. The van der Waals surface area contributed by atoms with E-state index in [4.69, 9.17) is 5.73 Å². The van der Waals surface area contributed by atoms with E-state index in [1.165, 1.54) is 12.8 Å². The lowest BCUT2D eigenvalue weighted by Gasteiger charge is -2.15. The first kappa shape index (κ1) is 10.6. The molecule has 0 bridgehead atoms. The lowest BCUT2D eigenvalue weighted by Crippen LogP contribution is -2.14. The Morgan fingerprint density at radius 2 is 2.07 bits per heavy atom. The molecule has 0 radical (unpaired) electrons. The predicted molar refractivity (Wildman–Crippen MR) is 60.0 cm³/mol. The van der Waals surface area contributed by atoms with Gasteiger partial charge >= 0.3 is 0 Å². The van der Waals surface area contributed by atoms with Crippen LogP contribution in [0.4, 0.5) is 4.39 Å². The Morgan fingerprint density at radius 3 is 2.67 bits per heavy atom. The zero-order valence-corrected chi connectivity index (χ0v) is 8.95. The van der Waals surface area contributed by atoms with E-state index in [9.17, 15) is 4.39 Å². The first-order chi connectivity index (χ1) is 7.31. The fraction of sp³-hybridized carbons (Fsp3) is 0.538. The summed E-state index contributed by atoms with van der Waals surface area (Å²) in [6.07, 6.45) is 4.49. The molecule has 0 heterocycles. The van der Waals surface area contributed by atoms with Crippen molar-refractivity contribution in [1.29, 1.82) is 0 Å². The Balaban J connectivity index is 2.02. The van der Waals surface area contributed by atoms with Crippen molar-refractivity contribution in [3.05, 3.63) is 35.6 Å². The number of halogens is 1. The second kappa shape index (κ2) is 4.75. The van der Waals surface area contributed by atoms with Gasteiger partial charge in [-0.25, -0.2) is 4.39 Å². The Hall–Kier alpha value is -0.890. The van der Waals surface area contributed by atoms with Crippen LogP contribution in [0, 0.1) is 17.7 Å². The first-order valence-electron chi connectivity index (χ1n) is 5.74. The quantitative estimate of drug-likeness (QED) is 0.789. The maximum Gasteiger partial charge on any atom is 0.126 e. The summed E-state index contributed by atoms with van der Waals surface area (Å²) < 4.78 is 13.4. The van der Waals surface area contributed by atoms with Gasteiger partial charge in [0.2, 0.25) is 0 Å². The summed E-state index contributed by atoms with van der Waals surface area (Å²) in [5, 5.41) is 0. The van der Waals surface area contributed by atoms with Crippen LogP contribution in [0.25, 0.3) is 0 Å². The summed E-state index contributed by atoms with van der Waals surface area (Å²) in [5.41, 5.74) is 6.44. The van der Waals surface area contributed by atoms with Crippen molar-refractivity contribution in [1.82, 2.24) is 0 Å². The summed E-state index contributed by atoms with van der Waals surface area (Å²) in [5.74, 6) is 1.32. The second-order valence-electron chi connectivity index (χ2n) is 4.47. The number of hydrogen-bond acceptors (Lipinski definition) is 1. The Bertz CT molecular complexity index is 320. The molecule has 1 aliphatic rings. The third kappa shape index (κ3) is 2.78. The summed E-state index contributed by atoms with van der Waals surface area (Å²) >= 11 is 0. The molecule has 15 heavy (non-hydrogen) atoms. The molecule has 1 fully saturated rings. The Labute approximate surface area is 90.5 Å². The molecule has 1 atom stereocenters. The number of nitrogens with two attached hydrogens (primary N) is 1. The molecule has 0 aromatic heterocycles. The number of hydrogen-bond donors (Lipinski definition) is 1. The maximum absolute atomic E-state index is 13.4. The molecule has 2 rings (SSSR count). The van der Waals surface area contributed by atoms with Crippen LogP contribution in [0.15, 0.2) is 24.3 Å². The predicted octanol–water partition coefficient (Wildman–Crippen LogP) is 2.74. The molecule has 1 saturated carbocycles. The summed E-state index contributed by atoms with van der Waals surface area (Å²) in [7, 11) is 0. The van der Waals surface area contributed by atoms with Crippen molar-refractivity contribution in [2.75, 3.05) is 6.54 Å². The van der Waals surface area contributed by atoms with Gasteiger partial charge in [0.05, 0.1) is 0 Å². The van der Waals surface area contributed by atoms with Gasteiger partial charge in [-0.15, -0.1) is 0 Å². The van der Waals surface area contributed by atoms with E-state index in [-0.39, 0.29) is 5.82 Å². The largest absolute Gasteiger partial charge is 0.330 e. The fourth-order valence-corrected chi connectivity index (χ4v) is 2.23. The van der Waals surface area contributed by atoms with Crippen molar-refractivity contribution in [3.63, 3.8) is 0 Å². The van der Waals surface area contributed by atoms with Crippen LogP contribution >= 0.6 is 0 Å². The molecule has 1 aromatic rings. The van der Waals surface area contributed by atoms with E-state index in [1.54, 1.807) is 12.1 Å². The van der Waals surface area contributed by atoms with Crippen LogP contribution in [0.3, 0.4) is 0 Å². The Kier molecular flexibility index (Phi) is 3.37. The third-order valence-electron chi connectivity index (χ3n) is 3.27. The molecule has 0 saturated heterocycles. The number of rotatable bonds is 5. The molecular formula is C13H18FN. The van der Waals surface area contributed by atoms with E-state index >= 15 is 0 Å². The molecule has 0 spiro atoms. The molecule has 82 valence electrons. The van der Waals surface area contributed by atoms with Crippen LogP contribution in [0.5, 0.6) is 0 Å². The minimum Gasteiger partial charge on any atom is -0.330 e. The van der Waals surface area contributed by atoms with Gasteiger partial charge < -0.3 is 5.73 Å². The SMILES string of the molecule is NCCC(Cc1ccccc1F)C1CC1. The second-order valence-corrected chi connectivity index (χ2v) is 4.47. The van der Waals surface area contributed by atoms with Gasteiger partial charge in [-0.3, -0.25) is 0 Å². The van der Waals surface area contributed by atoms with Crippen LogP contribution < -0.4 is 5.73 Å². The first-order valence-corrected chi connectivity index (χ1v) is 5.74. The van der Waals surface area contributed by atoms with Crippen LogP contribution in [0.2, 0.25) is 0 Å². The minimum atomic E-state index is -0.0693. The van der Waals surface area contributed by atoms with Crippen molar-refractivity contribution in [2.24, 2.45) is 17.6 Å². The topological polar surface area (TPSA) is 26.0 Å². The van der Waals surface area contributed by atoms with Crippen molar-refractivity contribution in [2.45, 2.75) is 25.7 Å². The van der Waals surface area contributed by atoms with Crippen molar-refractivity contribution >= 4 is 0 Å². The lowest BCUT2D eigenvalue weighted by molar-refractivity contribution is 0.424. The summed E-state index contributed by atoms with van der Waals surface area (Å²) in [4.78, 5) is 0. The van der Waals surface area contributed by atoms with Gasteiger partial charge in [-0.05, 0) is 55.7 Å². The molecule has 2 heteroatoms. The van der Waals surface area contributed by atoms with E-state index in [1.807, 2.05) is 12.1 Å². The van der Waals surface area contributed by atoms with Gasteiger partial charge in [0.25, 0.3) is 0 Å². The summed E-state index contributed by atoms with van der Waals surface area (Å²) in [6, 6.07) is 7.09. The van der Waals surface area contributed by atoms with E-state index in [0.29, 0.717) is 5.92 Å². The maximum atomic E-state index is 13.4. The smallest absolute Gasteiger partial charge is 0.126 e. The lowest BCUT2D eigenvalue weighted by atomic mass is 9.91. The normalized spacial score (nSPS) is 17.7. The molecule has 0 aliphatic heterocycles. The highest BCUT2D eigenvalue weighted by molar-refractivity contribution is 5.18. The highest BCUT2D eigenvalue weighted by Gasteiger charge is 2.30. The molecule has 1 unspecified atom stereocenters.